The van der Waals surface area contributed by atoms with E-state index in [2.05, 4.69) is 15.8 Å². The van der Waals surface area contributed by atoms with E-state index < -0.39 is 5.60 Å². The molecule has 1 saturated heterocycles. The van der Waals surface area contributed by atoms with Gasteiger partial charge in [-0.15, -0.1) is 12.4 Å². The Morgan fingerprint density at radius 2 is 2.05 bits per heavy atom. The van der Waals surface area contributed by atoms with Crippen LogP contribution in [0.4, 0.5) is 0 Å². The molecule has 126 valence electrons. The third-order valence-corrected chi connectivity index (χ3v) is 4.25. The van der Waals surface area contributed by atoms with Gasteiger partial charge >= 0.3 is 0 Å². The lowest BCUT2D eigenvalue weighted by Gasteiger charge is -2.34. The summed E-state index contributed by atoms with van der Waals surface area (Å²) < 4.78 is 10.9. The zero-order valence-electron chi connectivity index (χ0n) is 13.5. The summed E-state index contributed by atoms with van der Waals surface area (Å²) in [6.07, 6.45) is 2.96. The topological polar surface area (TPSA) is 76.4 Å². The van der Waals surface area contributed by atoms with Crippen molar-refractivity contribution >= 4 is 18.3 Å². The van der Waals surface area contributed by atoms with Crippen molar-refractivity contribution in [3.8, 4) is 0 Å². The fraction of sp³-hybridized carbons (Fsp3) is 0.733. The van der Waals surface area contributed by atoms with Crippen molar-refractivity contribution in [2.45, 2.75) is 51.7 Å². The summed E-state index contributed by atoms with van der Waals surface area (Å²) in [7, 11) is 1.61. The lowest BCUT2D eigenvalue weighted by atomic mass is 9.91. The Kier molecular flexibility index (Phi) is 7.32. The van der Waals surface area contributed by atoms with E-state index in [1.54, 1.807) is 7.11 Å². The number of amides is 1. The highest BCUT2D eigenvalue weighted by molar-refractivity contribution is 5.85. The Morgan fingerprint density at radius 3 is 2.59 bits per heavy atom. The molecule has 1 aliphatic rings. The summed E-state index contributed by atoms with van der Waals surface area (Å²) in [5, 5.41) is 10.3. The van der Waals surface area contributed by atoms with Crippen molar-refractivity contribution in [1.82, 2.24) is 15.8 Å². The summed E-state index contributed by atoms with van der Waals surface area (Å²) in [6.45, 7) is 6.11. The first-order valence-electron chi connectivity index (χ1n) is 7.67. The maximum Gasteiger partial charge on any atom is 0.252 e. The van der Waals surface area contributed by atoms with Crippen LogP contribution in [-0.4, -0.2) is 36.9 Å². The van der Waals surface area contributed by atoms with Crippen molar-refractivity contribution in [2.24, 2.45) is 0 Å². The first-order chi connectivity index (χ1) is 10.2. The van der Waals surface area contributed by atoms with E-state index in [0.29, 0.717) is 19.4 Å². The Bertz CT molecular complexity index is 463. The standard InChI is InChI=1S/C15H25N3O3.ClH/c1-4-12-11(13(5-2)21-18-12)10-17-14(19)15(20-3)6-8-16-9-7-15;/h16H,4-10H2,1-3H3,(H,17,19);1H. The Hall–Kier alpha value is -1.11. The molecular weight excluding hydrogens is 306 g/mol. The molecule has 1 aromatic rings. The van der Waals surface area contributed by atoms with E-state index in [4.69, 9.17) is 9.26 Å². The number of methoxy groups -OCH3 is 1. The molecule has 7 heteroatoms. The molecule has 2 heterocycles. The van der Waals surface area contributed by atoms with Gasteiger partial charge in [-0.3, -0.25) is 4.79 Å². The van der Waals surface area contributed by atoms with Crippen LogP contribution in [-0.2, 0) is 28.9 Å². The molecule has 0 bridgehead atoms. The van der Waals surface area contributed by atoms with Crippen LogP contribution in [0.25, 0.3) is 0 Å². The number of ether oxygens (including phenoxy) is 1. The molecule has 0 aromatic carbocycles. The summed E-state index contributed by atoms with van der Waals surface area (Å²) in [5.41, 5.74) is 1.22. The van der Waals surface area contributed by atoms with E-state index in [1.165, 1.54) is 0 Å². The molecule has 6 nitrogen and oxygen atoms in total. The molecule has 1 aromatic heterocycles. The van der Waals surface area contributed by atoms with Crippen LogP contribution in [0.2, 0.25) is 0 Å². The molecular formula is C15H26ClN3O3. The highest BCUT2D eigenvalue weighted by Crippen LogP contribution is 2.23. The Balaban J connectivity index is 0.00000242. The molecule has 22 heavy (non-hydrogen) atoms. The number of carbonyl (C=O) groups excluding carboxylic acids is 1. The van der Waals surface area contributed by atoms with Gasteiger partial charge < -0.3 is 19.9 Å². The van der Waals surface area contributed by atoms with E-state index >= 15 is 0 Å². The number of rotatable bonds is 6. The number of piperidine rings is 1. The van der Waals surface area contributed by atoms with Crippen LogP contribution in [0, 0.1) is 0 Å². The second kappa shape index (κ2) is 8.50. The minimum Gasteiger partial charge on any atom is -0.368 e. The minimum absolute atomic E-state index is 0. The molecule has 0 unspecified atom stereocenters. The monoisotopic (exact) mass is 331 g/mol. The van der Waals surface area contributed by atoms with Gasteiger partial charge in [-0.25, -0.2) is 0 Å². The van der Waals surface area contributed by atoms with Gasteiger partial charge in [0.2, 0.25) is 0 Å². The summed E-state index contributed by atoms with van der Waals surface area (Å²) in [5.74, 6) is 0.806. The Morgan fingerprint density at radius 1 is 1.36 bits per heavy atom. The van der Waals surface area contributed by atoms with Crippen molar-refractivity contribution in [3.63, 3.8) is 0 Å². The zero-order valence-corrected chi connectivity index (χ0v) is 14.3. The number of carbonyl (C=O) groups is 1. The molecule has 2 N–H and O–H groups in total. The van der Waals surface area contributed by atoms with Gasteiger partial charge in [0.1, 0.15) is 11.4 Å². The van der Waals surface area contributed by atoms with Gasteiger partial charge in [-0.2, -0.15) is 0 Å². The molecule has 1 amide bonds. The lowest BCUT2D eigenvalue weighted by molar-refractivity contribution is -0.146. The van der Waals surface area contributed by atoms with Gasteiger partial charge in [-0.1, -0.05) is 19.0 Å². The van der Waals surface area contributed by atoms with Crippen molar-refractivity contribution in [1.29, 1.82) is 0 Å². The third-order valence-electron chi connectivity index (χ3n) is 4.25. The normalized spacial score (nSPS) is 16.9. The average Bonchev–Trinajstić information content (AvgIpc) is 2.95. The number of hydrogen-bond acceptors (Lipinski definition) is 5. The summed E-state index contributed by atoms with van der Waals surface area (Å²) >= 11 is 0. The van der Waals surface area contributed by atoms with Gasteiger partial charge in [-0.05, 0) is 32.4 Å². The van der Waals surface area contributed by atoms with E-state index in [0.717, 1.165) is 42.9 Å². The number of aromatic nitrogens is 1. The van der Waals surface area contributed by atoms with Crippen LogP contribution in [0.5, 0.6) is 0 Å². The summed E-state index contributed by atoms with van der Waals surface area (Å²) in [6, 6.07) is 0. The number of nitrogens with zero attached hydrogens (tertiary/aromatic N) is 1. The predicted octanol–water partition coefficient (Wildman–Crippen LogP) is 1.61. The first-order valence-corrected chi connectivity index (χ1v) is 7.67. The Labute approximate surface area is 137 Å². The van der Waals surface area contributed by atoms with Crippen molar-refractivity contribution in [2.75, 3.05) is 20.2 Å². The average molecular weight is 332 g/mol. The molecule has 0 atom stereocenters. The van der Waals surface area contributed by atoms with E-state index in [9.17, 15) is 4.79 Å². The maximum absolute atomic E-state index is 12.5. The molecule has 2 rings (SSSR count). The fourth-order valence-electron chi connectivity index (χ4n) is 2.82. The number of nitrogens with one attached hydrogen (secondary N) is 2. The van der Waals surface area contributed by atoms with Crippen LogP contribution in [0.15, 0.2) is 4.52 Å². The van der Waals surface area contributed by atoms with Crippen molar-refractivity contribution in [3.05, 3.63) is 17.0 Å². The second-order valence-electron chi connectivity index (χ2n) is 5.37. The van der Waals surface area contributed by atoms with E-state index in [1.807, 2.05) is 13.8 Å². The third kappa shape index (κ3) is 3.80. The van der Waals surface area contributed by atoms with E-state index in [-0.39, 0.29) is 18.3 Å². The smallest absolute Gasteiger partial charge is 0.252 e. The number of halogens is 1. The molecule has 0 radical (unpaired) electrons. The van der Waals surface area contributed by atoms with Gasteiger partial charge in [0.05, 0.1) is 5.69 Å². The highest BCUT2D eigenvalue weighted by Gasteiger charge is 2.39. The van der Waals surface area contributed by atoms with Crippen LogP contribution < -0.4 is 10.6 Å². The SMILES string of the molecule is CCc1noc(CC)c1CNC(=O)C1(OC)CCNCC1.Cl. The highest BCUT2D eigenvalue weighted by atomic mass is 35.5. The molecule has 0 aliphatic carbocycles. The van der Waals surface area contributed by atoms with Gasteiger partial charge in [0, 0.05) is 25.6 Å². The van der Waals surface area contributed by atoms with Gasteiger partial charge in [0.15, 0.2) is 0 Å². The number of hydrogen-bond donors (Lipinski definition) is 2. The predicted molar refractivity (Wildman–Crippen MR) is 86.2 cm³/mol. The van der Waals surface area contributed by atoms with Crippen LogP contribution in [0.1, 0.15) is 43.7 Å². The van der Waals surface area contributed by atoms with Gasteiger partial charge in [0.25, 0.3) is 5.91 Å². The lowest BCUT2D eigenvalue weighted by Crippen LogP contribution is -2.54. The molecule has 0 spiro atoms. The second-order valence-corrected chi connectivity index (χ2v) is 5.37. The quantitative estimate of drug-likeness (QED) is 0.828. The maximum atomic E-state index is 12.5. The fourth-order valence-corrected chi connectivity index (χ4v) is 2.82. The molecule has 1 aliphatic heterocycles. The van der Waals surface area contributed by atoms with Crippen LogP contribution in [0.3, 0.4) is 0 Å². The summed E-state index contributed by atoms with van der Waals surface area (Å²) in [4.78, 5) is 12.5. The molecule has 0 saturated carbocycles. The van der Waals surface area contributed by atoms with Crippen LogP contribution >= 0.6 is 12.4 Å². The largest absolute Gasteiger partial charge is 0.368 e. The minimum atomic E-state index is -0.707. The zero-order chi connectivity index (χ0) is 15.3. The van der Waals surface area contributed by atoms with Crippen molar-refractivity contribution < 1.29 is 14.1 Å². The number of aryl methyl sites for hydroxylation is 2. The first kappa shape index (κ1) is 18.9. The molecule has 1 fully saturated rings.